The zero-order valence-electron chi connectivity index (χ0n) is 11.1. The van der Waals surface area contributed by atoms with Gasteiger partial charge in [0.1, 0.15) is 5.69 Å². The maximum Gasteiger partial charge on any atom is 0.228 e. The van der Waals surface area contributed by atoms with E-state index in [0.29, 0.717) is 17.9 Å². The number of alkyl halides is 5. The molecule has 0 saturated carbocycles. The fourth-order valence-corrected chi connectivity index (χ4v) is 2.27. The van der Waals surface area contributed by atoms with Gasteiger partial charge in [-0.25, -0.2) is 4.68 Å². The van der Waals surface area contributed by atoms with Crippen LogP contribution in [-0.2, 0) is 16.3 Å². The van der Waals surface area contributed by atoms with Gasteiger partial charge in [-0.15, -0.1) is 5.10 Å². The Hall–Kier alpha value is 0.590. The van der Waals surface area contributed by atoms with E-state index >= 15 is 0 Å². The summed E-state index contributed by atoms with van der Waals surface area (Å²) in [6.45, 7) is 8.51. The Morgan fingerprint density at radius 3 is 1.95 bits per heavy atom. The molecule has 0 aliphatic rings. The highest BCUT2D eigenvalue weighted by atomic mass is 35.6. The van der Waals surface area contributed by atoms with Crippen LogP contribution in [0.4, 0.5) is 0 Å². The molecule has 1 heterocycles. The van der Waals surface area contributed by atoms with Gasteiger partial charge in [-0.3, -0.25) is 0 Å². The second kappa shape index (κ2) is 5.76. The monoisotopic (exact) mass is 365 g/mol. The standard InChI is InChI=1S/C11H16Cl5N3/c1-5-6-19-8(10(12,13)11(14,15)16)7(17-18-19)9(2,3)4/h5-6H2,1-4H3. The topological polar surface area (TPSA) is 30.7 Å². The molecule has 0 aromatic carbocycles. The number of hydrogen-bond donors (Lipinski definition) is 0. The van der Waals surface area contributed by atoms with Gasteiger partial charge >= 0.3 is 0 Å². The Morgan fingerprint density at radius 2 is 1.58 bits per heavy atom. The zero-order valence-corrected chi connectivity index (χ0v) is 14.9. The molecule has 1 aromatic heterocycles. The van der Waals surface area contributed by atoms with Crippen molar-refractivity contribution in [2.75, 3.05) is 0 Å². The Balaban J connectivity index is 3.50. The first-order valence-corrected chi connectivity index (χ1v) is 7.71. The third-order valence-electron chi connectivity index (χ3n) is 2.53. The lowest BCUT2D eigenvalue weighted by Gasteiger charge is -2.30. The van der Waals surface area contributed by atoms with Gasteiger partial charge in [0.05, 0.1) is 5.69 Å². The second-order valence-corrected chi connectivity index (χ2v) is 8.94. The molecule has 0 N–H and O–H groups in total. The smallest absolute Gasteiger partial charge is 0.228 e. The minimum absolute atomic E-state index is 0.313. The summed E-state index contributed by atoms with van der Waals surface area (Å²) >= 11 is 30.3. The molecule has 0 atom stereocenters. The van der Waals surface area contributed by atoms with E-state index in [4.69, 9.17) is 58.0 Å². The summed E-state index contributed by atoms with van der Waals surface area (Å²) in [5.41, 5.74) is 0.745. The molecule has 0 unspecified atom stereocenters. The molecular formula is C11H16Cl5N3. The van der Waals surface area contributed by atoms with Crippen molar-refractivity contribution in [2.24, 2.45) is 0 Å². The lowest BCUT2D eigenvalue weighted by molar-refractivity contribution is 0.535. The van der Waals surface area contributed by atoms with E-state index in [-0.39, 0.29) is 5.41 Å². The van der Waals surface area contributed by atoms with Crippen LogP contribution in [0.25, 0.3) is 0 Å². The van der Waals surface area contributed by atoms with Crippen molar-refractivity contribution in [3.05, 3.63) is 11.4 Å². The molecule has 0 saturated heterocycles. The van der Waals surface area contributed by atoms with Gasteiger partial charge in [0, 0.05) is 12.0 Å². The number of aromatic nitrogens is 3. The van der Waals surface area contributed by atoms with E-state index in [1.807, 2.05) is 27.7 Å². The molecule has 1 rings (SSSR count). The number of aryl methyl sites for hydroxylation is 1. The first kappa shape index (κ1) is 17.6. The summed E-state index contributed by atoms with van der Waals surface area (Å²) in [6, 6.07) is 0. The van der Waals surface area contributed by atoms with Crippen LogP contribution < -0.4 is 0 Å². The van der Waals surface area contributed by atoms with Crippen LogP contribution in [-0.4, -0.2) is 18.8 Å². The van der Waals surface area contributed by atoms with Crippen LogP contribution in [0.5, 0.6) is 0 Å². The first-order chi connectivity index (χ1) is 8.43. The fraction of sp³-hybridized carbons (Fsp3) is 0.818. The van der Waals surface area contributed by atoms with Gasteiger partial charge in [-0.2, -0.15) is 0 Å². The number of nitrogens with zero attached hydrogens (tertiary/aromatic N) is 3. The summed E-state index contributed by atoms with van der Waals surface area (Å²) in [7, 11) is 0. The lowest BCUT2D eigenvalue weighted by Crippen LogP contribution is -2.34. The molecular weight excluding hydrogens is 351 g/mol. The van der Waals surface area contributed by atoms with Crippen molar-refractivity contribution >= 4 is 58.0 Å². The molecule has 19 heavy (non-hydrogen) atoms. The molecule has 0 bridgehead atoms. The number of rotatable bonds is 3. The second-order valence-electron chi connectivity index (χ2n) is 5.33. The summed E-state index contributed by atoms with van der Waals surface area (Å²) < 4.78 is -2.01. The highest BCUT2D eigenvalue weighted by molar-refractivity contribution is 6.75. The third kappa shape index (κ3) is 3.62. The lowest BCUT2D eigenvalue weighted by atomic mass is 9.90. The summed E-state index contributed by atoms with van der Waals surface area (Å²) in [6.07, 6.45) is 0.837. The molecule has 0 radical (unpaired) electrons. The van der Waals surface area contributed by atoms with Crippen LogP contribution in [0.15, 0.2) is 0 Å². The van der Waals surface area contributed by atoms with Crippen molar-refractivity contribution < 1.29 is 0 Å². The van der Waals surface area contributed by atoms with E-state index in [1.165, 1.54) is 0 Å². The van der Waals surface area contributed by atoms with Crippen LogP contribution in [0.3, 0.4) is 0 Å². The molecule has 1 aromatic rings. The minimum atomic E-state index is -1.89. The van der Waals surface area contributed by atoms with E-state index in [9.17, 15) is 0 Å². The molecule has 110 valence electrons. The van der Waals surface area contributed by atoms with Gasteiger partial charge in [0.2, 0.25) is 8.13 Å². The van der Waals surface area contributed by atoms with Crippen LogP contribution in [0, 0.1) is 0 Å². The van der Waals surface area contributed by atoms with Crippen molar-refractivity contribution in [1.82, 2.24) is 15.0 Å². The Labute approximate surface area is 138 Å². The van der Waals surface area contributed by atoms with Gasteiger partial charge in [0.15, 0.2) is 0 Å². The predicted molar refractivity (Wildman–Crippen MR) is 82.7 cm³/mol. The van der Waals surface area contributed by atoms with Gasteiger partial charge in [-0.1, -0.05) is 90.9 Å². The van der Waals surface area contributed by atoms with Gasteiger partial charge < -0.3 is 0 Å². The maximum atomic E-state index is 6.30. The summed E-state index contributed by atoms with van der Waals surface area (Å²) in [4.78, 5) is 0. The molecule has 0 amide bonds. The maximum absolute atomic E-state index is 6.30. The van der Waals surface area contributed by atoms with Crippen molar-refractivity contribution in [3.8, 4) is 0 Å². The molecule has 0 fully saturated rings. The van der Waals surface area contributed by atoms with E-state index in [0.717, 1.165) is 6.42 Å². The molecule has 0 aliphatic heterocycles. The van der Waals surface area contributed by atoms with E-state index in [2.05, 4.69) is 10.3 Å². The highest BCUT2D eigenvalue weighted by Crippen LogP contribution is 2.54. The molecule has 0 spiro atoms. The van der Waals surface area contributed by atoms with Gasteiger partial charge in [0.25, 0.3) is 0 Å². The Kier molecular flexibility index (Phi) is 5.35. The SMILES string of the molecule is CCCn1nnc(C(C)(C)C)c1C(Cl)(Cl)C(Cl)(Cl)Cl. The number of halogens is 5. The average molecular weight is 368 g/mol. The zero-order chi connectivity index (χ0) is 15.1. The van der Waals surface area contributed by atoms with Crippen molar-refractivity contribution in [3.63, 3.8) is 0 Å². The molecule has 3 nitrogen and oxygen atoms in total. The van der Waals surface area contributed by atoms with E-state index in [1.54, 1.807) is 4.68 Å². The Morgan fingerprint density at radius 1 is 1.05 bits per heavy atom. The fourth-order valence-electron chi connectivity index (χ4n) is 1.63. The average Bonchev–Trinajstić information content (AvgIpc) is 2.60. The van der Waals surface area contributed by atoms with E-state index < -0.39 is 8.13 Å². The normalized spacial score (nSPS) is 13.9. The summed E-state index contributed by atoms with van der Waals surface area (Å²) in [5, 5.41) is 8.23. The first-order valence-electron chi connectivity index (χ1n) is 5.82. The number of hydrogen-bond acceptors (Lipinski definition) is 2. The third-order valence-corrected chi connectivity index (χ3v) is 4.89. The van der Waals surface area contributed by atoms with Gasteiger partial charge in [-0.05, 0) is 6.42 Å². The van der Waals surface area contributed by atoms with Crippen LogP contribution in [0.1, 0.15) is 45.5 Å². The largest absolute Gasteiger partial charge is 0.246 e. The van der Waals surface area contributed by atoms with Crippen molar-refractivity contribution in [1.29, 1.82) is 0 Å². The minimum Gasteiger partial charge on any atom is -0.246 e. The van der Waals surface area contributed by atoms with Crippen LogP contribution >= 0.6 is 58.0 Å². The molecule has 0 aliphatic carbocycles. The van der Waals surface area contributed by atoms with Crippen molar-refractivity contribution in [2.45, 2.75) is 54.2 Å². The van der Waals surface area contributed by atoms with Crippen LogP contribution in [0.2, 0.25) is 0 Å². The Bertz CT molecular complexity index is 442. The predicted octanol–water partition coefficient (Wildman–Crippen LogP) is 4.99. The summed E-state index contributed by atoms with van der Waals surface area (Å²) in [5.74, 6) is 0. The molecule has 8 heteroatoms. The quantitative estimate of drug-likeness (QED) is 0.705. The highest BCUT2D eigenvalue weighted by Gasteiger charge is 2.52.